The van der Waals surface area contributed by atoms with Crippen molar-refractivity contribution in [3.8, 4) is 0 Å². The van der Waals surface area contributed by atoms with Gasteiger partial charge in [-0.05, 0) is 12.1 Å². The average Bonchev–Trinajstić information content (AvgIpc) is 3.15. The number of aromatic nitrogens is 4. The van der Waals surface area contributed by atoms with Gasteiger partial charge in [0.05, 0.1) is 30.9 Å². The summed E-state index contributed by atoms with van der Waals surface area (Å²) < 4.78 is 15.2. The van der Waals surface area contributed by atoms with Gasteiger partial charge < -0.3 is 18.9 Å². The van der Waals surface area contributed by atoms with Gasteiger partial charge in [-0.1, -0.05) is 12.1 Å². The van der Waals surface area contributed by atoms with Crippen LogP contribution in [0.5, 0.6) is 0 Å². The second kappa shape index (κ2) is 6.93. The molecular weight excluding hydrogens is 338 g/mol. The largest absolute Gasteiger partial charge is 0.383 e. The minimum Gasteiger partial charge on any atom is -0.383 e. The maximum atomic E-state index is 12.9. The Balaban J connectivity index is 1.74. The van der Waals surface area contributed by atoms with Crippen LogP contribution in [0.25, 0.3) is 16.8 Å². The van der Waals surface area contributed by atoms with Crippen molar-refractivity contribution < 1.29 is 14.3 Å². The number of amides is 1. The first-order valence-electron chi connectivity index (χ1n) is 8.62. The minimum atomic E-state index is -0.311. The molecule has 9 nitrogen and oxygen atoms in total. The molecule has 9 heteroatoms. The second-order valence-corrected chi connectivity index (χ2v) is 6.20. The predicted octanol–water partition coefficient (Wildman–Crippen LogP) is -0.0441. The van der Waals surface area contributed by atoms with Crippen LogP contribution in [0.4, 0.5) is 0 Å². The third kappa shape index (κ3) is 2.78. The van der Waals surface area contributed by atoms with Crippen LogP contribution >= 0.6 is 0 Å². The van der Waals surface area contributed by atoms with Crippen molar-refractivity contribution in [3.05, 3.63) is 34.7 Å². The van der Waals surface area contributed by atoms with Gasteiger partial charge in [-0.25, -0.2) is 13.9 Å². The minimum absolute atomic E-state index is 0.0703. The number of carbonyl (C=O) groups is 1. The Kier molecular flexibility index (Phi) is 4.48. The Morgan fingerprint density at radius 1 is 1.23 bits per heavy atom. The first-order chi connectivity index (χ1) is 12.7. The number of para-hydroxylation sites is 2. The fourth-order valence-corrected chi connectivity index (χ4v) is 3.32. The monoisotopic (exact) mass is 359 g/mol. The Morgan fingerprint density at radius 2 is 1.96 bits per heavy atom. The maximum absolute atomic E-state index is 12.9. The molecule has 3 aromatic rings. The number of hydrogen-bond donors (Lipinski definition) is 0. The van der Waals surface area contributed by atoms with E-state index in [1.807, 2.05) is 28.8 Å². The molecule has 0 atom stereocenters. The molecule has 1 aromatic carbocycles. The van der Waals surface area contributed by atoms with Crippen molar-refractivity contribution in [1.82, 2.24) is 23.6 Å². The Bertz CT molecular complexity index is 996. The topological polar surface area (TPSA) is 83.0 Å². The fraction of sp³-hybridized carbons (Fsp3) is 0.471. The van der Waals surface area contributed by atoms with E-state index in [-0.39, 0.29) is 18.1 Å². The molecule has 1 amide bonds. The molecule has 1 fully saturated rings. The van der Waals surface area contributed by atoms with E-state index in [1.165, 1.54) is 4.68 Å². The Labute approximate surface area is 149 Å². The lowest BCUT2D eigenvalue weighted by Gasteiger charge is -2.26. The van der Waals surface area contributed by atoms with Crippen molar-refractivity contribution in [1.29, 1.82) is 0 Å². The highest BCUT2D eigenvalue weighted by molar-refractivity contribution is 5.81. The van der Waals surface area contributed by atoms with E-state index in [0.29, 0.717) is 45.2 Å². The quantitative estimate of drug-likeness (QED) is 0.638. The Morgan fingerprint density at radius 3 is 2.69 bits per heavy atom. The van der Waals surface area contributed by atoms with E-state index in [1.54, 1.807) is 16.4 Å². The lowest BCUT2D eigenvalue weighted by Crippen LogP contribution is -2.43. The summed E-state index contributed by atoms with van der Waals surface area (Å²) in [6, 6.07) is 7.63. The van der Waals surface area contributed by atoms with Crippen molar-refractivity contribution in [2.45, 2.75) is 13.1 Å². The smallest absolute Gasteiger partial charge is 0.352 e. The predicted molar refractivity (Wildman–Crippen MR) is 94.2 cm³/mol. The Hall–Kier alpha value is -2.65. The van der Waals surface area contributed by atoms with Crippen LogP contribution in [-0.4, -0.2) is 69.6 Å². The SMILES string of the molecule is COCCn1c2ccccc2n2c(=O)n(CC(=O)N3CCOCC3)nc12. The lowest BCUT2D eigenvalue weighted by atomic mass is 10.3. The number of ether oxygens (including phenoxy) is 2. The van der Waals surface area contributed by atoms with E-state index in [0.717, 1.165) is 11.0 Å². The van der Waals surface area contributed by atoms with E-state index in [9.17, 15) is 9.59 Å². The number of nitrogens with zero attached hydrogens (tertiary/aromatic N) is 5. The van der Waals surface area contributed by atoms with Gasteiger partial charge in [-0.15, -0.1) is 5.10 Å². The molecule has 3 heterocycles. The second-order valence-electron chi connectivity index (χ2n) is 6.20. The highest BCUT2D eigenvalue weighted by Crippen LogP contribution is 2.18. The molecule has 1 saturated heterocycles. The van der Waals surface area contributed by atoms with Crippen LogP contribution in [-0.2, 0) is 27.4 Å². The van der Waals surface area contributed by atoms with Gasteiger partial charge in [0.25, 0.3) is 0 Å². The molecule has 1 aliphatic rings. The summed E-state index contributed by atoms with van der Waals surface area (Å²) in [6.45, 7) is 3.15. The summed E-state index contributed by atoms with van der Waals surface area (Å²) in [4.78, 5) is 27.1. The average molecular weight is 359 g/mol. The van der Waals surface area contributed by atoms with Gasteiger partial charge in [0.1, 0.15) is 6.54 Å². The van der Waals surface area contributed by atoms with Gasteiger partial charge in [0.15, 0.2) is 0 Å². The van der Waals surface area contributed by atoms with E-state index in [4.69, 9.17) is 9.47 Å². The summed E-state index contributed by atoms with van der Waals surface area (Å²) in [5, 5.41) is 4.43. The van der Waals surface area contributed by atoms with Crippen molar-refractivity contribution in [3.63, 3.8) is 0 Å². The molecule has 0 unspecified atom stereocenters. The maximum Gasteiger partial charge on any atom is 0.352 e. The van der Waals surface area contributed by atoms with Crippen molar-refractivity contribution in [2.24, 2.45) is 0 Å². The number of rotatable bonds is 5. The van der Waals surface area contributed by atoms with Crippen LogP contribution in [0.15, 0.2) is 29.1 Å². The van der Waals surface area contributed by atoms with Gasteiger partial charge in [0, 0.05) is 26.7 Å². The number of fused-ring (bicyclic) bond motifs is 3. The summed E-state index contributed by atoms with van der Waals surface area (Å²) >= 11 is 0. The molecule has 0 aliphatic carbocycles. The molecule has 0 saturated carbocycles. The van der Waals surface area contributed by atoms with Gasteiger partial charge in [-0.3, -0.25) is 4.79 Å². The molecule has 0 spiro atoms. The zero-order chi connectivity index (χ0) is 18.1. The molecular formula is C17H21N5O4. The van der Waals surface area contributed by atoms with E-state index in [2.05, 4.69) is 5.10 Å². The molecule has 0 N–H and O–H groups in total. The third-order valence-electron chi connectivity index (χ3n) is 4.64. The molecule has 4 rings (SSSR count). The number of hydrogen-bond acceptors (Lipinski definition) is 5. The number of benzene rings is 1. The molecule has 2 aromatic heterocycles. The van der Waals surface area contributed by atoms with Crippen molar-refractivity contribution >= 4 is 22.7 Å². The zero-order valence-corrected chi connectivity index (χ0v) is 14.6. The van der Waals surface area contributed by atoms with Crippen LogP contribution in [0.3, 0.4) is 0 Å². The van der Waals surface area contributed by atoms with Crippen LogP contribution < -0.4 is 5.69 Å². The highest BCUT2D eigenvalue weighted by atomic mass is 16.5. The molecule has 0 bridgehead atoms. The van der Waals surface area contributed by atoms with Crippen LogP contribution in [0, 0.1) is 0 Å². The summed E-state index contributed by atoms with van der Waals surface area (Å²) in [7, 11) is 1.63. The first kappa shape index (κ1) is 16.8. The third-order valence-corrected chi connectivity index (χ3v) is 4.64. The summed E-state index contributed by atoms with van der Waals surface area (Å²) in [6.07, 6.45) is 0. The van der Waals surface area contributed by atoms with Gasteiger partial charge in [0.2, 0.25) is 11.7 Å². The molecule has 1 aliphatic heterocycles. The number of carbonyl (C=O) groups excluding carboxylic acids is 1. The van der Waals surface area contributed by atoms with Crippen LogP contribution in [0.1, 0.15) is 0 Å². The molecule has 26 heavy (non-hydrogen) atoms. The lowest BCUT2D eigenvalue weighted by molar-refractivity contribution is -0.136. The number of morpholine rings is 1. The number of methoxy groups -OCH3 is 1. The fourth-order valence-electron chi connectivity index (χ4n) is 3.32. The van der Waals surface area contributed by atoms with E-state index < -0.39 is 0 Å². The normalized spacial score (nSPS) is 15.2. The summed E-state index contributed by atoms with van der Waals surface area (Å²) in [5.41, 5.74) is 1.37. The standard InChI is InChI=1S/C17H21N5O4/c1-25-9-8-20-13-4-2-3-5-14(13)22-16(20)18-21(17(22)24)12-15(23)19-6-10-26-11-7-19/h2-5H,6-12H2,1H3. The summed E-state index contributed by atoms with van der Waals surface area (Å²) in [5.74, 6) is 0.395. The first-order valence-corrected chi connectivity index (χ1v) is 8.62. The van der Waals surface area contributed by atoms with Gasteiger partial charge in [-0.2, -0.15) is 0 Å². The zero-order valence-electron chi connectivity index (χ0n) is 14.6. The van der Waals surface area contributed by atoms with Crippen molar-refractivity contribution in [2.75, 3.05) is 40.0 Å². The van der Waals surface area contributed by atoms with E-state index >= 15 is 0 Å². The number of imidazole rings is 1. The van der Waals surface area contributed by atoms with Crippen LogP contribution in [0.2, 0.25) is 0 Å². The molecule has 138 valence electrons. The molecule has 0 radical (unpaired) electrons. The van der Waals surface area contributed by atoms with Gasteiger partial charge >= 0.3 is 5.69 Å². The highest BCUT2D eigenvalue weighted by Gasteiger charge is 2.22.